The number of hydrogen-bond donors (Lipinski definition) is 3. The molecule has 0 unspecified atom stereocenters. The van der Waals surface area contributed by atoms with Gasteiger partial charge in [-0.05, 0) is 83.1 Å². The van der Waals surface area contributed by atoms with Gasteiger partial charge in [-0.25, -0.2) is 9.36 Å². The van der Waals surface area contributed by atoms with Crippen LogP contribution in [-0.2, 0) is 26.7 Å². The zero-order valence-corrected chi connectivity index (χ0v) is 23.3. The van der Waals surface area contributed by atoms with E-state index in [1.54, 1.807) is 34.8 Å². The van der Waals surface area contributed by atoms with Gasteiger partial charge in [0.1, 0.15) is 5.60 Å². The van der Waals surface area contributed by atoms with Gasteiger partial charge >= 0.3 is 13.9 Å². The molecule has 1 amide bonds. The van der Waals surface area contributed by atoms with E-state index in [4.69, 9.17) is 28.5 Å². The van der Waals surface area contributed by atoms with Crippen molar-refractivity contribution in [2.75, 3.05) is 20.3 Å². The van der Waals surface area contributed by atoms with Crippen molar-refractivity contribution >= 4 is 13.9 Å². The highest BCUT2D eigenvalue weighted by molar-refractivity contribution is 7.46. The third-order valence-corrected chi connectivity index (χ3v) is 5.97. The molecule has 0 fully saturated rings. The maximum Gasteiger partial charge on any atom is 0.469 e. The predicted octanol–water partition coefficient (Wildman–Crippen LogP) is 5.42. The topological polar surface area (TPSA) is 124 Å². The molecule has 2 aromatic carbocycles. The van der Waals surface area contributed by atoms with E-state index in [1.165, 1.54) is 5.56 Å². The van der Waals surface area contributed by atoms with E-state index in [0.29, 0.717) is 30.9 Å². The number of methoxy groups -OCH3 is 1. The van der Waals surface area contributed by atoms with Crippen LogP contribution in [0.2, 0.25) is 0 Å². The molecule has 0 aliphatic carbocycles. The summed E-state index contributed by atoms with van der Waals surface area (Å²) in [5.74, 6) is 1.24. The van der Waals surface area contributed by atoms with Crippen LogP contribution in [0.15, 0.2) is 48.5 Å². The lowest BCUT2D eigenvalue weighted by atomic mass is 9.94. The highest BCUT2D eigenvalue weighted by Gasteiger charge is 2.32. The van der Waals surface area contributed by atoms with E-state index in [2.05, 4.69) is 17.4 Å². The van der Waals surface area contributed by atoms with Crippen LogP contribution < -0.4 is 14.8 Å². The second-order valence-electron chi connectivity index (χ2n) is 10.2. The Kier molecular flexibility index (Phi) is 11.4. The number of aryl methyl sites for hydroxylation is 2. The Morgan fingerprint density at radius 2 is 1.65 bits per heavy atom. The van der Waals surface area contributed by atoms with Crippen LogP contribution in [0.1, 0.15) is 58.1 Å². The summed E-state index contributed by atoms with van der Waals surface area (Å²) in [6.07, 6.45) is 3.04. The van der Waals surface area contributed by atoms with Gasteiger partial charge in [-0.15, -0.1) is 0 Å². The van der Waals surface area contributed by atoms with E-state index in [-0.39, 0.29) is 0 Å². The van der Waals surface area contributed by atoms with Crippen LogP contribution in [0, 0.1) is 0 Å². The van der Waals surface area contributed by atoms with E-state index < -0.39 is 31.7 Å². The first-order valence-corrected chi connectivity index (χ1v) is 13.9. The van der Waals surface area contributed by atoms with Gasteiger partial charge in [0.2, 0.25) is 0 Å². The van der Waals surface area contributed by atoms with Crippen molar-refractivity contribution < 1.29 is 37.9 Å². The van der Waals surface area contributed by atoms with Crippen LogP contribution in [0.3, 0.4) is 0 Å². The van der Waals surface area contributed by atoms with E-state index in [9.17, 15) is 9.36 Å². The summed E-state index contributed by atoms with van der Waals surface area (Å²) in [7, 11) is -3.15. The summed E-state index contributed by atoms with van der Waals surface area (Å²) < 4.78 is 32.8. The van der Waals surface area contributed by atoms with E-state index in [1.807, 2.05) is 36.4 Å². The molecule has 0 spiro atoms. The highest BCUT2D eigenvalue weighted by atomic mass is 31.2. The molecule has 0 saturated carbocycles. The molecule has 0 aliphatic rings. The number of ether oxygens (including phenoxy) is 3. The first kappa shape index (κ1) is 30.6. The Morgan fingerprint density at radius 1 is 0.946 bits per heavy atom. The lowest BCUT2D eigenvalue weighted by molar-refractivity contribution is 0.0399. The van der Waals surface area contributed by atoms with Crippen molar-refractivity contribution in [3.63, 3.8) is 0 Å². The molecule has 206 valence electrons. The van der Waals surface area contributed by atoms with Crippen molar-refractivity contribution in [2.45, 2.75) is 70.9 Å². The van der Waals surface area contributed by atoms with Gasteiger partial charge in [0.15, 0.2) is 11.5 Å². The average Bonchev–Trinajstić information content (AvgIpc) is 2.81. The Bertz CT molecular complexity index is 1030. The minimum absolute atomic E-state index is 0.328. The molecule has 2 rings (SSSR count). The molecule has 37 heavy (non-hydrogen) atoms. The molecule has 2 aromatic rings. The number of nitrogens with one attached hydrogen (secondary N) is 1. The molecule has 1 atom stereocenters. The number of benzene rings is 2. The van der Waals surface area contributed by atoms with Crippen LogP contribution in [-0.4, -0.2) is 47.3 Å². The molecule has 3 N–H and O–H groups in total. The van der Waals surface area contributed by atoms with E-state index in [0.717, 1.165) is 24.8 Å². The number of hydrogen-bond acceptors (Lipinski definition) is 6. The Hall–Kier alpha value is -2.58. The zero-order chi connectivity index (χ0) is 27.5. The third kappa shape index (κ3) is 12.5. The van der Waals surface area contributed by atoms with Crippen molar-refractivity contribution in [2.24, 2.45) is 0 Å². The summed E-state index contributed by atoms with van der Waals surface area (Å²) in [6.45, 7) is 7.02. The van der Waals surface area contributed by atoms with Gasteiger partial charge in [0, 0.05) is 0 Å². The standard InChI is InChI=1S/C27H40NO8P/c1-26(2,3)36-25(29)28-27(4,20-35-37(30,31)32)17-16-22-14-15-23(24(19-22)33-5)34-18-10-9-13-21-11-7-6-8-12-21/h6-8,11-12,14-15,19H,9-10,13,16-18,20H2,1-5H3,(H,28,29)(H2,30,31,32)/t27-/m1/s1. The summed E-state index contributed by atoms with van der Waals surface area (Å²) in [4.78, 5) is 30.7. The molecule has 10 heteroatoms. The van der Waals surface area contributed by atoms with Crippen molar-refractivity contribution in [1.29, 1.82) is 0 Å². The van der Waals surface area contributed by atoms with Crippen LogP contribution in [0.5, 0.6) is 11.5 Å². The summed E-state index contributed by atoms with van der Waals surface area (Å²) in [5.41, 5.74) is 0.398. The number of unbranched alkanes of at least 4 members (excludes halogenated alkanes) is 1. The molecule has 0 aliphatic heterocycles. The monoisotopic (exact) mass is 537 g/mol. The number of rotatable bonds is 14. The van der Waals surface area contributed by atoms with Gasteiger partial charge in [-0.2, -0.15) is 0 Å². The molecule has 0 heterocycles. The van der Waals surface area contributed by atoms with Crippen molar-refractivity contribution in [3.05, 3.63) is 59.7 Å². The zero-order valence-electron chi connectivity index (χ0n) is 22.4. The smallest absolute Gasteiger partial charge is 0.469 e. The first-order valence-electron chi connectivity index (χ1n) is 12.3. The van der Waals surface area contributed by atoms with Gasteiger partial charge in [0.05, 0.1) is 25.9 Å². The van der Waals surface area contributed by atoms with Gasteiger partial charge < -0.3 is 29.3 Å². The number of phosphoric ester groups is 1. The highest BCUT2D eigenvalue weighted by Crippen LogP contribution is 2.37. The fourth-order valence-electron chi connectivity index (χ4n) is 3.61. The minimum atomic E-state index is -4.72. The number of phosphoric acid groups is 1. The minimum Gasteiger partial charge on any atom is -0.493 e. The molecular formula is C27H40NO8P. The Morgan fingerprint density at radius 3 is 2.27 bits per heavy atom. The van der Waals surface area contributed by atoms with E-state index >= 15 is 0 Å². The molecular weight excluding hydrogens is 497 g/mol. The number of carbonyl (C=O) groups is 1. The normalized spacial score (nSPS) is 13.5. The van der Waals surface area contributed by atoms with Gasteiger partial charge in [-0.3, -0.25) is 4.52 Å². The van der Waals surface area contributed by atoms with Gasteiger partial charge in [0.25, 0.3) is 0 Å². The Labute approximate surface area is 219 Å². The average molecular weight is 538 g/mol. The largest absolute Gasteiger partial charge is 0.493 e. The second-order valence-corrected chi connectivity index (χ2v) is 11.5. The molecule has 0 aromatic heterocycles. The fraction of sp³-hybridized carbons (Fsp3) is 0.519. The maximum absolute atomic E-state index is 12.4. The molecule has 0 radical (unpaired) electrons. The van der Waals surface area contributed by atoms with Gasteiger partial charge in [-0.1, -0.05) is 36.4 Å². The lowest BCUT2D eigenvalue weighted by Gasteiger charge is -2.32. The fourth-order valence-corrected chi connectivity index (χ4v) is 4.07. The summed E-state index contributed by atoms with van der Waals surface area (Å²) >= 11 is 0. The van der Waals surface area contributed by atoms with Crippen molar-refractivity contribution in [3.8, 4) is 11.5 Å². The maximum atomic E-state index is 12.4. The molecule has 0 bridgehead atoms. The van der Waals surface area contributed by atoms with Crippen LogP contribution in [0.4, 0.5) is 4.79 Å². The number of carbonyl (C=O) groups excluding carboxylic acids is 1. The van der Waals surface area contributed by atoms with Crippen molar-refractivity contribution in [1.82, 2.24) is 5.32 Å². The summed E-state index contributed by atoms with van der Waals surface area (Å²) in [5, 5.41) is 2.70. The van der Waals surface area contributed by atoms with Crippen LogP contribution >= 0.6 is 7.82 Å². The number of alkyl carbamates (subject to hydrolysis) is 1. The summed E-state index contributed by atoms with van der Waals surface area (Å²) in [6, 6.07) is 15.9. The van der Waals surface area contributed by atoms with Crippen LogP contribution in [0.25, 0.3) is 0 Å². The molecule has 0 saturated heterocycles. The molecule has 9 nitrogen and oxygen atoms in total. The SMILES string of the molecule is COc1cc(CC[C@](C)(COP(=O)(O)O)NC(=O)OC(C)(C)C)ccc1OCCCCc1ccccc1. The third-order valence-electron chi connectivity index (χ3n) is 5.51. The first-order chi connectivity index (χ1) is 17.3. The quantitative estimate of drug-likeness (QED) is 0.216. The second kappa shape index (κ2) is 13.8. The Balaban J connectivity index is 1.96. The number of amides is 1. The lowest BCUT2D eigenvalue weighted by Crippen LogP contribution is -2.51. The predicted molar refractivity (Wildman–Crippen MR) is 142 cm³/mol.